The molecular formula is C13H16ClN5. The molecule has 100 valence electrons. The van der Waals surface area contributed by atoms with Crippen molar-refractivity contribution in [3.63, 3.8) is 0 Å². The predicted octanol–water partition coefficient (Wildman–Crippen LogP) is 3.32. The molecule has 2 aromatic rings. The van der Waals surface area contributed by atoms with E-state index in [4.69, 9.17) is 11.6 Å². The van der Waals surface area contributed by atoms with Crippen LogP contribution >= 0.6 is 11.6 Å². The maximum Gasteiger partial charge on any atom is 0.233 e. The highest BCUT2D eigenvalue weighted by atomic mass is 35.5. The van der Waals surface area contributed by atoms with Gasteiger partial charge in [-0.3, -0.25) is 0 Å². The van der Waals surface area contributed by atoms with Crippen molar-refractivity contribution in [2.45, 2.75) is 20.8 Å². The number of nitrogens with one attached hydrogen (secondary N) is 2. The van der Waals surface area contributed by atoms with Crippen molar-refractivity contribution < 1.29 is 0 Å². The molecule has 6 heteroatoms. The minimum absolute atomic E-state index is 0.166. The van der Waals surface area contributed by atoms with Crippen molar-refractivity contribution in [3.8, 4) is 0 Å². The molecule has 0 atom stereocenters. The summed E-state index contributed by atoms with van der Waals surface area (Å²) in [6.45, 7) is 6.75. The highest BCUT2D eigenvalue weighted by molar-refractivity contribution is 6.28. The maximum absolute atomic E-state index is 5.88. The van der Waals surface area contributed by atoms with Crippen LogP contribution in [0.2, 0.25) is 5.28 Å². The molecule has 0 radical (unpaired) electrons. The van der Waals surface area contributed by atoms with Crippen molar-refractivity contribution in [1.82, 2.24) is 15.0 Å². The lowest BCUT2D eigenvalue weighted by molar-refractivity contribution is 1.02. The van der Waals surface area contributed by atoms with Gasteiger partial charge in [0.05, 0.1) is 0 Å². The summed E-state index contributed by atoms with van der Waals surface area (Å²) in [6.07, 6.45) is 0. The quantitative estimate of drug-likeness (QED) is 0.898. The summed E-state index contributed by atoms with van der Waals surface area (Å²) >= 11 is 5.88. The molecule has 5 nitrogen and oxygen atoms in total. The molecule has 0 unspecified atom stereocenters. The molecule has 0 aliphatic rings. The van der Waals surface area contributed by atoms with Crippen molar-refractivity contribution in [1.29, 1.82) is 0 Å². The minimum Gasteiger partial charge on any atom is -0.354 e. The van der Waals surface area contributed by atoms with Gasteiger partial charge in [-0.05, 0) is 49.6 Å². The van der Waals surface area contributed by atoms with Crippen molar-refractivity contribution in [3.05, 3.63) is 34.6 Å². The molecule has 0 aliphatic carbocycles. The van der Waals surface area contributed by atoms with Gasteiger partial charge in [-0.15, -0.1) is 0 Å². The first-order chi connectivity index (χ1) is 9.08. The van der Waals surface area contributed by atoms with Crippen LogP contribution in [0.5, 0.6) is 0 Å². The first kappa shape index (κ1) is 13.5. The van der Waals surface area contributed by atoms with Crippen LogP contribution in [0.3, 0.4) is 0 Å². The van der Waals surface area contributed by atoms with Gasteiger partial charge in [-0.2, -0.15) is 15.0 Å². The molecule has 0 saturated carbocycles. The molecule has 1 aromatic heterocycles. The van der Waals surface area contributed by atoms with Gasteiger partial charge in [-0.25, -0.2) is 0 Å². The summed E-state index contributed by atoms with van der Waals surface area (Å²) in [5.41, 5.74) is 3.25. The summed E-state index contributed by atoms with van der Waals surface area (Å²) in [4.78, 5) is 12.3. The Kier molecular flexibility index (Phi) is 4.16. The van der Waals surface area contributed by atoms with Crippen LogP contribution in [0, 0.1) is 13.8 Å². The predicted molar refractivity (Wildman–Crippen MR) is 78.2 cm³/mol. The molecule has 2 rings (SSSR count). The normalized spacial score (nSPS) is 10.3. The molecule has 0 amide bonds. The zero-order valence-corrected chi connectivity index (χ0v) is 11.9. The number of aromatic nitrogens is 3. The average molecular weight is 278 g/mol. The van der Waals surface area contributed by atoms with Gasteiger partial charge in [0, 0.05) is 12.2 Å². The summed E-state index contributed by atoms with van der Waals surface area (Å²) in [5, 5.41) is 6.35. The van der Waals surface area contributed by atoms with Gasteiger partial charge >= 0.3 is 0 Å². The lowest BCUT2D eigenvalue weighted by Gasteiger charge is -2.10. The Balaban J connectivity index is 2.29. The first-order valence-corrected chi connectivity index (χ1v) is 6.46. The summed E-state index contributed by atoms with van der Waals surface area (Å²) in [6, 6.07) is 6.15. The Morgan fingerprint density at radius 2 is 1.84 bits per heavy atom. The number of nitrogens with zero attached hydrogens (tertiary/aromatic N) is 3. The van der Waals surface area contributed by atoms with Gasteiger partial charge in [0.25, 0.3) is 0 Å². The lowest BCUT2D eigenvalue weighted by Crippen LogP contribution is -2.07. The van der Waals surface area contributed by atoms with Gasteiger partial charge in [-0.1, -0.05) is 12.1 Å². The molecule has 1 heterocycles. The zero-order valence-electron chi connectivity index (χ0n) is 11.2. The van der Waals surface area contributed by atoms with E-state index in [2.05, 4.69) is 31.7 Å². The smallest absolute Gasteiger partial charge is 0.233 e. The van der Waals surface area contributed by atoms with E-state index in [-0.39, 0.29) is 5.28 Å². The van der Waals surface area contributed by atoms with E-state index in [0.717, 1.165) is 17.8 Å². The van der Waals surface area contributed by atoms with E-state index in [0.29, 0.717) is 11.9 Å². The number of benzene rings is 1. The zero-order chi connectivity index (χ0) is 13.8. The van der Waals surface area contributed by atoms with Crippen molar-refractivity contribution in [2.75, 3.05) is 17.2 Å². The molecule has 19 heavy (non-hydrogen) atoms. The number of halogens is 1. The fourth-order valence-corrected chi connectivity index (χ4v) is 1.79. The third kappa shape index (κ3) is 3.54. The summed E-state index contributed by atoms with van der Waals surface area (Å²) < 4.78 is 0. The van der Waals surface area contributed by atoms with Crippen LogP contribution in [0.4, 0.5) is 17.6 Å². The Bertz CT molecular complexity index is 585. The molecule has 1 aromatic carbocycles. The van der Waals surface area contributed by atoms with Gasteiger partial charge in [0.2, 0.25) is 17.2 Å². The van der Waals surface area contributed by atoms with Crippen LogP contribution < -0.4 is 10.6 Å². The maximum atomic E-state index is 5.88. The molecule has 0 spiro atoms. The van der Waals surface area contributed by atoms with Crippen LogP contribution in [-0.4, -0.2) is 21.5 Å². The summed E-state index contributed by atoms with van der Waals surface area (Å²) in [5.74, 6) is 0.903. The molecule has 0 fully saturated rings. The van der Waals surface area contributed by atoms with Gasteiger partial charge in [0.15, 0.2) is 0 Å². The molecule has 2 N–H and O–H groups in total. The highest BCUT2D eigenvalue weighted by Gasteiger charge is 2.06. The van der Waals surface area contributed by atoms with E-state index >= 15 is 0 Å². The Morgan fingerprint density at radius 3 is 2.58 bits per heavy atom. The third-order valence-corrected chi connectivity index (χ3v) is 2.75. The third-order valence-electron chi connectivity index (χ3n) is 2.58. The first-order valence-electron chi connectivity index (χ1n) is 6.08. The Labute approximate surface area is 117 Å². The second-order valence-electron chi connectivity index (χ2n) is 4.23. The molecule has 0 bridgehead atoms. The summed E-state index contributed by atoms with van der Waals surface area (Å²) in [7, 11) is 0. The molecule has 0 saturated heterocycles. The number of aryl methyl sites for hydroxylation is 2. The van der Waals surface area contributed by atoms with E-state index < -0.39 is 0 Å². The highest BCUT2D eigenvalue weighted by Crippen LogP contribution is 2.20. The van der Waals surface area contributed by atoms with Crippen LogP contribution in [0.25, 0.3) is 0 Å². The Morgan fingerprint density at radius 1 is 1.11 bits per heavy atom. The largest absolute Gasteiger partial charge is 0.354 e. The SMILES string of the molecule is CCNc1nc(Cl)nc(Nc2cc(C)ccc2C)n1. The fraction of sp³-hybridized carbons (Fsp3) is 0.308. The average Bonchev–Trinajstić information content (AvgIpc) is 2.33. The van der Waals surface area contributed by atoms with E-state index in [9.17, 15) is 0 Å². The lowest BCUT2D eigenvalue weighted by atomic mass is 10.1. The second-order valence-corrected chi connectivity index (χ2v) is 4.56. The number of hydrogen-bond acceptors (Lipinski definition) is 5. The van der Waals surface area contributed by atoms with Crippen molar-refractivity contribution in [2.24, 2.45) is 0 Å². The molecular weight excluding hydrogens is 262 g/mol. The fourth-order valence-electron chi connectivity index (χ4n) is 1.63. The molecule has 0 aliphatic heterocycles. The van der Waals surface area contributed by atoms with Crippen LogP contribution in [0.15, 0.2) is 18.2 Å². The van der Waals surface area contributed by atoms with Crippen molar-refractivity contribution >= 4 is 29.2 Å². The number of anilines is 3. The van der Waals surface area contributed by atoms with Gasteiger partial charge in [0.1, 0.15) is 0 Å². The minimum atomic E-state index is 0.166. The standard InChI is InChI=1S/C13H16ClN5/c1-4-15-12-17-11(14)18-13(19-12)16-10-7-8(2)5-6-9(10)3/h5-7H,4H2,1-3H3,(H2,15,16,17,18,19). The Hall–Kier alpha value is -1.88. The van der Waals surface area contributed by atoms with Gasteiger partial charge < -0.3 is 10.6 Å². The topological polar surface area (TPSA) is 62.7 Å². The monoisotopic (exact) mass is 277 g/mol. The van der Waals surface area contributed by atoms with E-state index in [1.54, 1.807) is 0 Å². The second kappa shape index (κ2) is 5.84. The number of rotatable bonds is 4. The van der Waals surface area contributed by atoms with Crippen LogP contribution in [0.1, 0.15) is 18.1 Å². The van der Waals surface area contributed by atoms with E-state index in [1.165, 1.54) is 5.56 Å². The number of hydrogen-bond donors (Lipinski definition) is 2. The van der Waals surface area contributed by atoms with E-state index in [1.807, 2.05) is 32.9 Å². The van der Waals surface area contributed by atoms with Crippen LogP contribution in [-0.2, 0) is 0 Å².